The first-order valence-corrected chi connectivity index (χ1v) is 7.30. The smallest absolute Gasteiger partial charge is 0.282 e. The lowest BCUT2D eigenvalue weighted by atomic mass is 10.0. The van der Waals surface area contributed by atoms with Gasteiger partial charge in [-0.25, -0.2) is 0 Å². The average Bonchev–Trinajstić information content (AvgIpc) is 2.29. The lowest BCUT2D eigenvalue weighted by Crippen LogP contribution is -1.98. The number of hydrogen-bond donors (Lipinski definition) is 1. The van der Waals surface area contributed by atoms with E-state index in [9.17, 15) is 8.42 Å². The van der Waals surface area contributed by atoms with Gasteiger partial charge in [-0.05, 0) is 42.3 Å². The van der Waals surface area contributed by atoms with Gasteiger partial charge in [-0.3, -0.25) is 4.55 Å². The third kappa shape index (κ3) is 3.09. The van der Waals surface area contributed by atoms with Crippen molar-refractivity contribution in [1.29, 1.82) is 0 Å². The van der Waals surface area contributed by atoms with Crippen molar-refractivity contribution in [2.75, 3.05) is 0 Å². The number of benzene rings is 2. The van der Waals surface area contributed by atoms with E-state index in [2.05, 4.69) is 0 Å². The molecule has 2 aromatic rings. The zero-order valence-electron chi connectivity index (χ0n) is 11.1. The number of fused-ring (bicyclic) bond motifs is 1. The highest BCUT2D eigenvalue weighted by Gasteiger charge is 2.11. The van der Waals surface area contributed by atoms with E-state index in [1.165, 1.54) is 12.1 Å². The number of rotatable bonds is 1. The van der Waals surface area contributed by atoms with Crippen LogP contribution in [0.25, 0.3) is 10.8 Å². The molecule has 0 aliphatic heterocycles. The van der Waals surface area contributed by atoms with E-state index in [0.717, 1.165) is 21.9 Å². The van der Waals surface area contributed by atoms with Crippen molar-refractivity contribution < 1.29 is 13.0 Å². The molecule has 0 unspecified atom stereocenters. The molecule has 0 bridgehead atoms. The van der Waals surface area contributed by atoms with Gasteiger partial charge in [0.15, 0.2) is 0 Å². The molecule has 0 radical (unpaired) electrons. The second-order valence-electron chi connectivity index (χ2n) is 3.94. The molecule has 0 atom stereocenters. The lowest BCUT2D eigenvalue weighted by molar-refractivity contribution is 0.483. The maximum Gasteiger partial charge on any atom is 0.294 e. The SMILES string of the molecule is CC.Cc1ccc2c(C)cc(S(=O)(=O)O)cc2c1. The van der Waals surface area contributed by atoms with Crippen LogP contribution in [0.4, 0.5) is 0 Å². The summed E-state index contributed by atoms with van der Waals surface area (Å²) in [6.45, 7) is 7.77. The number of aryl methyl sites for hydroxylation is 2. The molecule has 98 valence electrons. The first kappa shape index (κ1) is 14.7. The summed E-state index contributed by atoms with van der Waals surface area (Å²) in [7, 11) is -4.13. The van der Waals surface area contributed by atoms with Crippen LogP contribution in [0.1, 0.15) is 25.0 Å². The van der Waals surface area contributed by atoms with Crippen molar-refractivity contribution in [1.82, 2.24) is 0 Å². The van der Waals surface area contributed by atoms with Crippen molar-refractivity contribution in [3.05, 3.63) is 41.5 Å². The van der Waals surface area contributed by atoms with Crippen LogP contribution in [0.15, 0.2) is 35.2 Å². The third-order valence-electron chi connectivity index (χ3n) is 2.59. The molecule has 0 spiro atoms. The fourth-order valence-corrected chi connectivity index (χ4v) is 2.40. The summed E-state index contributed by atoms with van der Waals surface area (Å²) >= 11 is 0. The summed E-state index contributed by atoms with van der Waals surface area (Å²) in [5, 5.41) is 1.82. The monoisotopic (exact) mass is 266 g/mol. The van der Waals surface area contributed by atoms with Gasteiger partial charge in [-0.2, -0.15) is 8.42 Å². The molecule has 0 heterocycles. The Hall–Kier alpha value is -1.39. The summed E-state index contributed by atoms with van der Waals surface area (Å²) in [5.74, 6) is 0. The highest BCUT2D eigenvalue weighted by molar-refractivity contribution is 7.85. The highest BCUT2D eigenvalue weighted by atomic mass is 32.2. The van der Waals surface area contributed by atoms with Gasteiger partial charge in [0.1, 0.15) is 0 Å². The Morgan fingerprint density at radius 3 is 2.17 bits per heavy atom. The van der Waals surface area contributed by atoms with Crippen LogP contribution >= 0.6 is 0 Å². The molecule has 4 heteroatoms. The van der Waals surface area contributed by atoms with Gasteiger partial charge in [-0.1, -0.05) is 37.6 Å². The highest BCUT2D eigenvalue weighted by Crippen LogP contribution is 2.24. The van der Waals surface area contributed by atoms with Crippen LogP contribution in [0.3, 0.4) is 0 Å². The van der Waals surface area contributed by atoms with E-state index in [0.29, 0.717) is 0 Å². The Labute approximate surface area is 108 Å². The van der Waals surface area contributed by atoms with Gasteiger partial charge in [0.25, 0.3) is 10.1 Å². The van der Waals surface area contributed by atoms with E-state index in [1.54, 1.807) is 0 Å². The van der Waals surface area contributed by atoms with E-state index >= 15 is 0 Å². The van der Waals surface area contributed by atoms with E-state index in [1.807, 2.05) is 45.9 Å². The average molecular weight is 266 g/mol. The summed E-state index contributed by atoms with van der Waals surface area (Å²) in [4.78, 5) is -0.0527. The summed E-state index contributed by atoms with van der Waals surface area (Å²) in [6, 6.07) is 8.80. The quantitative estimate of drug-likeness (QED) is 0.800. The van der Waals surface area contributed by atoms with Gasteiger partial charge in [0.05, 0.1) is 4.90 Å². The molecule has 0 saturated heterocycles. The first-order chi connectivity index (χ1) is 8.38. The van der Waals surface area contributed by atoms with Crippen LogP contribution in [0.2, 0.25) is 0 Å². The van der Waals surface area contributed by atoms with Crippen LogP contribution < -0.4 is 0 Å². The van der Waals surface area contributed by atoms with Crippen LogP contribution in [0.5, 0.6) is 0 Å². The topological polar surface area (TPSA) is 54.4 Å². The molecular weight excluding hydrogens is 248 g/mol. The first-order valence-electron chi connectivity index (χ1n) is 5.86. The zero-order chi connectivity index (χ0) is 13.9. The normalized spacial score (nSPS) is 10.9. The van der Waals surface area contributed by atoms with Crippen LogP contribution in [-0.4, -0.2) is 13.0 Å². The maximum atomic E-state index is 11.1. The van der Waals surface area contributed by atoms with Crippen molar-refractivity contribution >= 4 is 20.9 Å². The van der Waals surface area contributed by atoms with Gasteiger partial charge in [-0.15, -0.1) is 0 Å². The molecule has 0 amide bonds. The summed E-state index contributed by atoms with van der Waals surface area (Å²) in [5.41, 5.74) is 1.89. The van der Waals surface area contributed by atoms with E-state index in [-0.39, 0.29) is 4.90 Å². The van der Waals surface area contributed by atoms with Crippen molar-refractivity contribution in [3.8, 4) is 0 Å². The van der Waals surface area contributed by atoms with E-state index in [4.69, 9.17) is 4.55 Å². The minimum absolute atomic E-state index is 0.0527. The Balaban J connectivity index is 0.000000771. The molecule has 18 heavy (non-hydrogen) atoms. The third-order valence-corrected chi connectivity index (χ3v) is 3.42. The molecule has 0 fully saturated rings. The van der Waals surface area contributed by atoms with Crippen molar-refractivity contribution in [2.45, 2.75) is 32.6 Å². The molecular formula is C14H18O3S. The molecule has 0 aromatic heterocycles. The molecule has 0 aliphatic rings. The fourth-order valence-electron chi connectivity index (χ4n) is 1.80. The Bertz CT molecular complexity index is 658. The minimum Gasteiger partial charge on any atom is -0.282 e. The molecule has 3 nitrogen and oxygen atoms in total. The predicted molar refractivity (Wildman–Crippen MR) is 74.6 cm³/mol. The van der Waals surface area contributed by atoms with Crippen LogP contribution in [0, 0.1) is 13.8 Å². The standard InChI is InChI=1S/C12H12O3S.C2H6/c1-8-3-4-12-9(2)6-11(16(13,14)15)7-10(12)5-8;1-2/h3-7H,1-2H3,(H,13,14,15);1-2H3. The molecule has 0 saturated carbocycles. The van der Waals surface area contributed by atoms with E-state index < -0.39 is 10.1 Å². The van der Waals surface area contributed by atoms with Gasteiger partial charge < -0.3 is 0 Å². The summed E-state index contributed by atoms with van der Waals surface area (Å²) < 4.78 is 31.2. The maximum absolute atomic E-state index is 11.1. The fraction of sp³-hybridized carbons (Fsp3) is 0.286. The van der Waals surface area contributed by atoms with Gasteiger partial charge in [0, 0.05) is 0 Å². The number of hydrogen-bond acceptors (Lipinski definition) is 2. The van der Waals surface area contributed by atoms with Gasteiger partial charge in [0.2, 0.25) is 0 Å². The molecule has 2 rings (SSSR count). The van der Waals surface area contributed by atoms with Crippen LogP contribution in [-0.2, 0) is 10.1 Å². The Morgan fingerprint density at radius 1 is 1.00 bits per heavy atom. The molecule has 1 N–H and O–H groups in total. The molecule has 0 aliphatic carbocycles. The minimum atomic E-state index is -4.13. The largest absolute Gasteiger partial charge is 0.294 e. The second-order valence-corrected chi connectivity index (χ2v) is 5.36. The predicted octanol–water partition coefficient (Wildman–Crippen LogP) is 3.73. The van der Waals surface area contributed by atoms with Crippen molar-refractivity contribution in [3.63, 3.8) is 0 Å². The molecule has 2 aromatic carbocycles. The zero-order valence-corrected chi connectivity index (χ0v) is 11.9. The second kappa shape index (κ2) is 5.50. The van der Waals surface area contributed by atoms with Gasteiger partial charge >= 0.3 is 0 Å². The summed E-state index contributed by atoms with van der Waals surface area (Å²) in [6.07, 6.45) is 0. The Kier molecular flexibility index (Phi) is 4.48. The Morgan fingerprint density at radius 2 is 1.61 bits per heavy atom. The van der Waals surface area contributed by atoms with Crippen molar-refractivity contribution in [2.24, 2.45) is 0 Å². The lowest BCUT2D eigenvalue weighted by Gasteiger charge is -2.06.